The van der Waals surface area contributed by atoms with E-state index in [2.05, 4.69) is 0 Å². The predicted molar refractivity (Wildman–Crippen MR) is 56.2 cm³/mol. The minimum atomic E-state index is -2.51. The van der Waals surface area contributed by atoms with E-state index < -0.39 is 12.0 Å². The standard InChI is InChI=1S/C11H14F2OS/c12-11(13)4-1-8(2-5-11)10(14)9-3-6-15-7-9/h3,6-8,10,14H,1-2,4-5H2. The molecule has 1 unspecified atom stereocenters. The lowest BCUT2D eigenvalue weighted by atomic mass is 9.81. The molecule has 0 spiro atoms. The van der Waals surface area contributed by atoms with E-state index in [0.717, 1.165) is 5.56 Å². The maximum absolute atomic E-state index is 12.9. The van der Waals surface area contributed by atoms with Gasteiger partial charge >= 0.3 is 0 Å². The summed E-state index contributed by atoms with van der Waals surface area (Å²) < 4.78 is 25.8. The average molecular weight is 232 g/mol. The molecule has 84 valence electrons. The molecule has 1 aromatic rings. The van der Waals surface area contributed by atoms with E-state index >= 15 is 0 Å². The van der Waals surface area contributed by atoms with E-state index in [4.69, 9.17) is 0 Å². The Bertz CT molecular complexity index is 300. The molecule has 1 aliphatic rings. The summed E-state index contributed by atoms with van der Waals surface area (Å²) in [6.45, 7) is 0. The van der Waals surface area contributed by atoms with E-state index in [-0.39, 0.29) is 18.8 Å². The normalized spacial score (nSPS) is 23.9. The Hall–Kier alpha value is -0.480. The zero-order valence-electron chi connectivity index (χ0n) is 8.33. The van der Waals surface area contributed by atoms with E-state index in [1.165, 1.54) is 11.3 Å². The molecule has 0 aromatic carbocycles. The molecule has 0 radical (unpaired) electrons. The number of rotatable bonds is 2. The Morgan fingerprint density at radius 3 is 2.60 bits per heavy atom. The number of thiophene rings is 1. The molecule has 1 nitrogen and oxygen atoms in total. The Kier molecular flexibility index (Phi) is 3.07. The van der Waals surface area contributed by atoms with Gasteiger partial charge in [-0.05, 0) is 41.1 Å². The largest absolute Gasteiger partial charge is 0.388 e. The SMILES string of the molecule is OC(c1ccsc1)C1CCC(F)(F)CC1. The first-order valence-corrected chi connectivity index (χ1v) is 6.11. The Morgan fingerprint density at radius 1 is 1.40 bits per heavy atom. The molecule has 0 saturated heterocycles. The monoisotopic (exact) mass is 232 g/mol. The second-order valence-corrected chi connectivity index (χ2v) is 4.97. The van der Waals surface area contributed by atoms with Gasteiger partial charge in [0, 0.05) is 12.8 Å². The van der Waals surface area contributed by atoms with Crippen molar-refractivity contribution in [2.45, 2.75) is 37.7 Å². The van der Waals surface area contributed by atoms with E-state index in [0.29, 0.717) is 12.8 Å². The topological polar surface area (TPSA) is 20.2 Å². The van der Waals surface area contributed by atoms with Gasteiger partial charge in [-0.2, -0.15) is 11.3 Å². The maximum Gasteiger partial charge on any atom is 0.248 e. The number of aliphatic hydroxyl groups excluding tert-OH is 1. The summed E-state index contributed by atoms with van der Waals surface area (Å²) in [5.41, 5.74) is 0.871. The van der Waals surface area contributed by atoms with Gasteiger partial charge in [0.2, 0.25) is 5.92 Å². The highest BCUT2D eigenvalue weighted by Crippen LogP contribution is 2.41. The molecule has 15 heavy (non-hydrogen) atoms. The van der Waals surface area contributed by atoms with Crippen molar-refractivity contribution in [3.05, 3.63) is 22.4 Å². The summed E-state index contributed by atoms with van der Waals surface area (Å²) in [4.78, 5) is 0. The summed E-state index contributed by atoms with van der Waals surface area (Å²) in [5, 5.41) is 13.8. The van der Waals surface area contributed by atoms with Crippen LogP contribution in [0.2, 0.25) is 0 Å². The van der Waals surface area contributed by atoms with Crippen LogP contribution in [0.15, 0.2) is 16.8 Å². The maximum atomic E-state index is 12.9. The van der Waals surface area contributed by atoms with Crippen LogP contribution in [0.25, 0.3) is 0 Å². The van der Waals surface area contributed by atoms with Crippen molar-refractivity contribution in [1.29, 1.82) is 0 Å². The van der Waals surface area contributed by atoms with Gasteiger partial charge in [0.15, 0.2) is 0 Å². The van der Waals surface area contributed by atoms with Crippen LogP contribution >= 0.6 is 11.3 Å². The summed E-state index contributed by atoms with van der Waals surface area (Å²) in [6, 6.07) is 1.86. The smallest absolute Gasteiger partial charge is 0.248 e. The van der Waals surface area contributed by atoms with Gasteiger partial charge in [-0.1, -0.05) is 0 Å². The van der Waals surface area contributed by atoms with Gasteiger partial charge < -0.3 is 5.11 Å². The quantitative estimate of drug-likeness (QED) is 0.826. The lowest BCUT2D eigenvalue weighted by Gasteiger charge is -2.31. The van der Waals surface area contributed by atoms with Gasteiger partial charge in [-0.25, -0.2) is 8.78 Å². The number of aliphatic hydroxyl groups is 1. The molecule has 1 heterocycles. The van der Waals surface area contributed by atoms with Crippen molar-refractivity contribution >= 4 is 11.3 Å². The Morgan fingerprint density at radius 2 is 2.07 bits per heavy atom. The van der Waals surface area contributed by atoms with Crippen molar-refractivity contribution in [3.8, 4) is 0 Å². The van der Waals surface area contributed by atoms with Crippen molar-refractivity contribution < 1.29 is 13.9 Å². The fourth-order valence-electron chi connectivity index (χ4n) is 2.09. The molecule has 1 aromatic heterocycles. The molecule has 0 bridgehead atoms. The van der Waals surface area contributed by atoms with E-state index in [1.54, 1.807) is 0 Å². The lowest BCUT2D eigenvalue weighted by molar-refractivity contribution is -0.0626. The number of hydrogen-bond acceptors (Lipinski definition) is 2. The van der Waals surface area contributed by atoms with Crippen LogP contribution in [0.3, 0.4) is 0 Å². The van der Waals surface area contributed by atoms with Crippen LogP contribution in [0.4, 0.5) is 8.78 Å². The summed E-state index contributed by atoms with van der Waals surface area (Å²) >= 11 is 1.52. The first kappa shape index (κ1) is 11.0. The van der Waals surface area contributed by atoms with Gasteiger partial charge in [0.25, 0.3) is 0 Å². The first-order chi connectivity index (χ1) is 7.08. The third kappa shape index (κ3) is 2.55. The van der Waals surface area contributed by atoms with Gasteiger partial charge in [-0.3, -0.25) is 0 Å². The molecule has 1 saturated carbocycles. The molecule has 4 heteroatoms. The fraction of sp³-hybridized carbons (Fsp3) is 0.636. The second kappa shape index (κ2) is 4.18. The minimum absolute atomic E-state index is 0.000718. The number of alkyl halides is 2. The van der Waals surface area contributed by atoms with Crippen molar-refractivity contribution in [3.63, 3.8) is 0 Å². The highest BCUT2D eigenvalue weighted by atomic mass is 32.1. The molecule has 1 atom stereocenters. The molecular formula is C11H14F2OS. The summed E-state index contributed by atoms with van der Waals surface area (Å²) in [6.07, 6.45) is 0.110. The zero-order valence-corrected chi connectivity index (χ0v) is 9.14. The van der Waals surface area contributed by atoms with E-state index in [1.807, 2.05) is 16.8 Å². The van der Waals surface area contributed by atoms with Crippen LogP contribution in [0, 0.1) is 5.92 Å². The molecule has 1 aliphatic carbocycles. The van der Waals surface area contributed by atoms with Crippen LogP contribution in [0.1, 0.15) is 37.4 Å². The molecule has 1 N–H and O–H groups in total. The number of hydrogen-bond donors (Lipinski definition) is 1. The summed E-state index contributed by atoms with van der Waals surface area (Å²) in [7, 11) is 0. The van der Waals surface area contributed by atoms with E-state index in [9.17, 15) is 13.9 Å². The van der Waals surface area contributed by atoms with Crippen LogP contribution < -0.4 is 0 Å². The number of halogens is 2. The minimum Gasteiger partial charge on any atom is -0.388 e. The highest BCUT2D eigenvalue weighted by Gasteiger charge is 2.37. The molecule has 0 amide bonds. The molecule has 1 fully saturated rings. The van der Waals surface area contributed by atoms with Crippen LogP contribution in [0.5, 0.6) is 0 Å². The Balaban J connectivity index is 1.96. The van der Waals surface area contributed by atoms with Crippen molar-refractivity contribution in [1.82, 2.24) is 0 Å². The average Bonchev–Trinajstić information content (AvgIpc) is 2.69. The van der Waals surface area contributed by atoms with Gasteiger partial charge in [0.1, 0.15) is 0 Å². The summed E-state index contributed by atoms with van der Waals surface area (Å²) in [5.74, 6) is -2.51. The fourth-order valence-corrected chi connectivity index (χ4v) is 2.78. The molecule has 2 rings (SSSR count). The molecular weight excluding hydrogens is 218 g/mol. The molecule has 0 aliphatic heterocycles. The Labute approximate surface area is 91.7 Å². The second-order valence-electron chi connectivity index (χ2n) is 4.19. The predicted octanol–water partition coefficient (Wildman–Crippen LogP) is 3.61. The van der Waals surface area contributed by atoms with Crippen LogP contribution in [-0.2, 0) is 0 Å². The van der Waals surface area contributed by atoms with Crippen LogP contribution in [-0.4, -0.2) is 11.0 Å². The van der Waals surface area contributed by atoms with Gasteiger partial charge in [-0.15, -0.1) is 0 Å². The van der Waals surface area contributed by atoms with Gasteiger partial charge in [0.05, 0.1) is 6.10 Å². The lowest BCUT2D eigenvalue weighted by Crippen LogP contribution is -2.27. The third-order valence-corrected chi connectivity index (χ3v) is 3.79. The van der Waals surface area contributed by atoms with Crippen molar-refractivity contribution in [2.75, 3.05) is 0 Å². The van der Waals surface area contributed by atoms with Crippen molar-refractivity contribution in [2.24, 2.45) is 5.92 Å². The highest BCUT2D eigenvalue weighted by molar-refractivity contribution is 7.07. The first-order valence-electron chi connectivity index (χ1n) is 5.16. The third-order valence-electron chi connectivity index (χ3n) is 3.09. The zero-order chi connectivity index (χ0) is 10.9.